The Morgan fingerprint density at radius 1 is 1.25 bits per heavy atom. The topological polar surface area (TPSA) is 42.1 Å². The van der Waals surface area contributed by atoms with Crippen molar-refractivity contribution in [1.82, 2.24) is 4.98 Å². The average molecular weight is 236 g/mol. The van der Waals surface area contributed by atoms with Crippen LogP contribution in [0.15, 0.2) is 41.2 Å². The second-order valence-electron chi connectivity index (χ2n) is 3.28. The smallest absolute Gasteiger partial charge is 0.249 e. The monoisotopic (exact) mass is 235 g/mol. The largest absolute Gasteiger partial charge is 0.496 e. The molecule has 0 radical (unpaired) electrons. The fraction of sp³-hybridized carbons (Fsp3) is 0.0833. The van der Waals surface area contributed by atoms with Gasteiger partial charge in [-0.2, -0.15) is 0 Å². The minimum Gasteiger partial charge on any atom is -0.496 e. The number of pyridine rings is 1. The zero-order valence-corrected chi connectivity index (χ0v) is 9.41. The third-order valence-corrected chi connectivity index (χ3v) is 2.43. The van der Waals surface area contributed by atoms with E-state index in [9.17, 15) is 4.79 Å². The first-order chi connectivity index (χ1) is 7.70. The molecule has 1 aromatic heterocycles. The van der Waals surface area contributed by atoms with Crippen LogP contribution in [0.3, 0.4) is 0 Å². The minimum atomic E-state index is -0.228. The Morgan fingerprint density at radius 3 is 2.69 bits per heavy atom. The van der Waals surface area contributed by atoms with E-state index in [2.05, 4.69) is 4.98 Å². The van der Waals surface area contributed by atoms with Gasteiger partial charge in [-0.1, -0.05) is 29.8 Å². The summed E-state index contributed by atoms with van der Waals surface area (Å²) in [5, 5.41) is 0.313. The molecular weight excluding hydrogens is 226 g/mol. The molecule has 1 N–H and O–H groups in total. The lowest BCUT2D eigenvalue weighted by molar-refractivity contribution is 0.416. The van der Waals surface area contributed by atoms with Crippen LogP contribution in [0, 0.1) is 0 Å². The summed E-state index contributed by atoms with van der Waals surface area (Å²) < 4.78 is 5.22. The summed E-state index contributed by atoms with van der Waals surface area (Å²) >= 11 is 5.80. The number of ether oxygens (including phenoxy) is 1. The van der Waals surface area contributed by atoms with Gasteiger partial charge in [0.25, 0.3) is 0 Å². The van der Waals surface area contributed by atoms with E-state index in [-0.39, 0.29) is 5.56 Å². The Kier molecular flexibility index (Phi) is 2.97. The first-order valence-electron chi connectivity index (χ1n) is 4.74. The van der Waals surface area contributed by atoms with Gasteiger partial charge in [0.05, 0.1) is 7.11 Å². The van der Waals surface area contributed by atoms with Crippen molar-refractivity contribution in [1.29, 1.82) is 0 Å². The molecule has 0 saturated carbocycles. The number of nitrogens with one attached hydrogen (secondary N) is 1. The number of halogens is 1. The molecule has 2 rings (SSSR count). The van der Waals surface area contributed by atoms with Crippen LogP contribution >= 0.6 is 11.6 Å². The van der Waals surface area contributed by atoms with E-state index in [1.54, 1.807) is 13.2 Å². The molecule has 0 bridgehead atoms. The molecule has 0 saturated heterocycles. The molecule has 0 spiro atoms. The lowest BCUT2D eigenvalue weighted by Crippen LogP contribution is -2.04. The second-order valence-corrected chi connectivity index (χ2v) is 3.69. The van der Waals surface area contributed by atoms with Crippen LogP contribution in [-0.2, 0) is 0 Å². The van der Waals surface area contributed by atoms with E-state index in [1.807, 2.05) is 24.3 Å². The molecule has 0 amide bonds. The van der Waals surface area contributed by atoms with Gasteiger partial charge < -0.3 is 9.72 Å². The maximum atomic E-state index is 11.3. The zero-order valence-electron chi connectivity index (χ0n) is 8.66. The molecule has 16 heavy (non-hydrogen) atoms. The number of hydrogen-bond donors (Lipinski definition) is 1. The van der Waals surface area contributed by atoms with Gasteiger partial charge in [-0.05, 0) is 17.7 Å². The van der Waals surface area contributed by atoms with Crippen LogP contribution in [-0.4, -0.2) is 12.1 Å². The summed E-state index contributed by atoms with van der Waals surface area (Å²) in [6.07, 6.45) is 0. The number of H-pyrrole nitrogens is 1. The molecule has 1 aromatic carbocycles. The fourth-order valence-corrected chi connectivity index (χ4v) is 1.76. The predicted octanol–water partition coefficient (Wildman–Crippen LogP) is 2.70. The molecule has 0 fully saturated rings. The lowest BCUT2D eigenvalue weighted by Gasteiger charge is -2.07. The SMILES string of the molecule is COc1ccccc1-c1cc(Cl)[nH]c(=O)c1. The zero-order chi connectivity index (χ0) is 11.5. The standard InChI is InChI=1S/C12H10ClNO2/c1-16-10-5-3-2-4-9(10)8-6-11(13)14-12(15)7-8/h2-7H,1H3,(H,14,15). The number of methoxy groups -OCH3 is 1. The van der Waals surface area contributed by atoms with Crippen LogP contribution in [0.5, 0.6) is 5.75 Å². The van der Waals surface area contributed by atoms with Crippen molar-refractivity contribution >= 4 is 11.6 Å². The summed E-state index contributed by atoms with van der Waals surface area (Å²) in [6.45, 7) is 0. The molecule has 0 aliphatic heterocycles. The highest BCUT2D eigenvalue weighted by atomic mass is 35.5. The number of para-hydroxylation sites is 1. The number of aromatic nitrogens is 1. The fourth-order valence-electron chi connectivity index (χ4n) is 1.55. The number of rotatable bonds is 2. The summed E-state index contributed by atoms with van der Waals surface area (Å²) in [7, 11) is 1.59. The molecule has 82 valence electrons. The summed E-state index contributed by atoms with van der Waals surface area (Å²) in [4.78, 5) is 13.8. The first kappa shape index (κ1) is 10.8. The van der Waals surface area contributed by atoms with E-state index >= 15 is 0 Å². The highest BCUT2D eigenvalue weighted by Crippen LogP contribution is 2.29. The third kappa shape index (κ3) is 2.09. The summed E-state index contributed by atoms with van der Waals surface area (Å²) in [5.74, 6) is 0.712. The van der Waals surface area contributed by atoms with E-state index in [1.165, 1.54) is 6.07 Å². The van der Waals surface area contributed by atoms with Crippen molar-refractivity contribution in [2.24, 2.45) is 0 Å². The molecule has 2 aromatic rings. The summed E-state index contributed by atoms with van der Waals surface area (Å²) in [5.41, 5.74) is 1.36. The second kappa shape index (κ2) is 4.41. The van der Waals surface area contributed by atoms with E-state index in [4.69, 9.17) is 16.3 Å². The van der Waals surface area contributed by atoms with E-state index in [0.717, 1.165) is 11.1 Å². The maximum Gasteiger partial charge on any atom is 0.249 e. The average Bonchev–Trinajstić information content (AvgIpc) is 2.27. The molecule has 0 atom stereocenters. The van der Waals surface area contributed by atoms with Gasteiger partial charge in [-0.25, -0.2) is 0 Å². The molecule has 0 aliphatic rings. The predicted molar refractivity (Wildman–Crippen MR) is 64.1 cm³/mol. The number of benzene rings is 1. The Morgan fingerprint density at radius 2 is 2.00 bits per heavy atom. The van der Waals surface area contributed by atoms with Gasteiger partial charge in [-0.15, -0.1) is 0 Å². The number of hydrogen-bond acceptors (Lipinski definition) is 2. The molecule has 1 heterocycles. The van der Waals surface area contributed by atoms with E-state index in [0.29, 0.717) is 10.9 Å². The van der Waals surface area contributed by atoms with Crippen LogP contribution < -0.4 is 10.3 Å². The molecule has 0 unspecified atom stereocenters. The highest BCUT2D eigenvalue weighted by Gasteiger charge is 2.06. The van der Waals surface area contributed by atoms with Crippen LogP contribution in [0.4, 0.5) is 0 Å². The first-order valence-corrected chi connectivity index (χ1v) is 5.12. The van der Waals surface area contributed by atoms with Gasteiger partial charge in [0.15, 0.2) is 0 Å². The normalized spacial score (nSPS) is 10.1. The maximum absolute atomic E-state index is 11.3. The van der Waals surface area contributed by atoms with Crippen LogP contribution in [0.2, 0.25) is 5.15 Å². The van der Waals surface area contributed by atoms with Crippen molar-refractivity contribution in [3.05, 3.63) is 51.9 Å². The Hall–Kier alpha value is -1.74. The molecule has 3 nitrogen and oxygen atoms in total. The summed E-state index contributed by atoms with van der Waals surface area (Å²) in [6, 6.07) is 10.7. The third-order valence-electron chi connectivity index (χ3n) is 2.23. The van der Waals surface area contributed by atoms with Crippen LogP contribution in [0.25, 0.3) is 11.1 Å². The Bertz CT molecular complexity index is 563. The van der Waals surface area contributed by atoms with Crippen molar-refractivity contribution in [2.45, 2.75) is 0 Å². The quantitative estimate of drug-likeness (QED) is 0.814. The van der Waals surface area contributed by atoms with Crippen molar-refractivity contribution < 1.29 is 4.74 Å². The van der Waals surface area contributed by atoms with Gasteiger partial charge >= 0.3 is 0 Å². The molecule has 0 aliphatic carbocycles. The molecular formula is C12H10ClNO2. The Labute approximate surface area is 97.7 Å². The van der Waals surface area contributed by atoms with Gasteiger partial charge in [0.2, 0.25) is 5.56 Å². The minimum absolute atomic E-state index is 0.228. The highest BCUT2D eigenvalue weighted by molar-refractivity contribution is 6.29. The van der Waals surface area contributed by atoms with E-state index < -0.39 is 0 Å². The van der Waals surface area contributed by atoms with Crippen molar-refractivity contribution in [2.75, 3.05) is 7.11 Å². The Balaban J connectivity index is 2.62. The van der Waals surface area contributed by atoms with Crippen LogP contribution in [0.1, 0.15) is 0 Å². The van der Waals surface area contributed by atoms with Gasteiger partial charge in [0, 0.05) is 11.6 Å². The van der Waals surface area contributed by atoms with Crippen molar-refractivity contribution in [3.8, 4) is 16.9 Å². The van der Waals surface area contributed by atoms with Gasteiger partial charge in [-0.3, -0.25) is 4.79 Å². The van der Waals surface area contributed by atoms with Crippen molar-refractivity contribution in [3.63, 3.8) is 0 Å². The number of aromatic amines is 1. The molecule has 4 heteroatoms. The lowest BCUT2D eigenvalue weighted by atomic mass is 10.1. The van der Waals surface area contributed by atoms with Gasteiger partial charge in [0.1, 0.15) is 10.9 Å².